The Morgan fingerprint density at radius 3 is 2.28 bits per heavy atom. The molecule has 2 heterocycles. The summed E-state index contributed by atoms with van der Waals surface area (Å²) in [6.07, 6.45) is 3.05. The van der Waals surface area contributed by atoms with Gasteiger partial charge in [0.05, 0.1) is 12.9 Å². The minimum atomic E-state index is -1.15. The molecular formula is C27H28FN5O3. The van der Waals surface area contributed by atoms with Gasteiger partial charge in [-0.15, -0.1) is 0 Å². The highest BCUT2D eigenvalue weighted by molar-refractivity contribution is 6.07. The van der Waals surface area contributed by atoms with Crippen LogP contribution in [0.2, 0.25) is 0 Å². The third-order valence-electron chi connectivity index (χ3n) is 6.83. The van der Waals surface area contributed by atoms with E-state index in [1.54, 1.807) is 28.5 Å². The Morgan fingerprint density at radius 1 is 1.03 bits per heavy atom. The number of benzene rings is 2. The summed E-state index contributed by atoms with van der Waals surface area (Å²) in [7, 11) is 0. The molecule has 9 heteroatoms. The van der Waals surface area contributed by atoms with Gasteiger partial charge in [0.15, 0.2) is 5.69 Å². The highest BCUT2D eigenvalue weighted by Crippen LogP contribution is 2.38. The maximum atomic E-state index is 13.7. The van der Waals surface area contributed by atoms with Gasteiger partial charge in [0, 0.05) is 19.1 Å². The molecule has 1 unspecified atom stereocenters. The summed E-state index contributed by atoms with van der Waals surface area (Å²) in [6.45, 7) is 4.44. The average molecular weight is 490 g/mol. The van der Waals surface area contributed by atoms with E-state index in [0.29, 0.717) is 6.54 Å². The molecule has 186 valence electrons. The number of rotatable bonds is 7. The molecule has 2 aromatic carbocycles. The number of hydrogen-bond donors (Lipinski definition) is 2. The van der Waals surface area contributed by atoms with Crippen LogP contribution < -0.4 is 10.6 Å². The van der Waals surface area contributed by atoms with Gasteiger partial charge in [-0.3, -0.25) is 14.4 Å². The molecule has 1 aliphatic carbocycles. The smallest absolute Gasteiger partial charge is 0.274 e. The van der Waals surface area contributed by atoms with Crippen LogP contribution in [0, 0.1) is 12.7 Å². The molecule has 2 aliphatic rings. The number of imidazole rings is 1. The lowest BCUT2D eigenvalue weighted by Crippen LogP contribution is -2.64. The summed E-state index contributed by atoms with van der Waals surface area (Å²) >= 11 is 0. The van der Waals surface area contributed by atoms with Crippen molar-refractivity contribution in [2.45, 2.75) is 57.9 Å². The third-order valence-corrected chi connectivity index (χ3v) is 6.83. The standard InChI is InChI=1S/C27H28FN5O3/c1-17-3-5-18(6-4-17)13-29-24(34)22-23-25(35)33(21-11-12-21)27(2,15-32(23)16-31-22)26(36)30-14-19-7-9-20(28)10-8-19/h3-10,16,21H,11-15H2,1-2H3,(H,29,34)(H,30,36). The number of aromatic nitrogens is 2. The fourth-order valence-electron chi connectivity index (χ4n) is 4.67. The van der Waals surface area contributed by atoms with Crippen LogP contribution in [0.3, 0.4) is 0 Å². The number of amides is 3. The Labute approximate surface area is 208 Å². The molecule has 1 fully saturated rings. The molecule has 5 rings (SSSR count). The van der Waals surface area contributed by atoms with E-state index in [1.807, 2.05) is 31.2 Å². The molecule has 0 spiro atoms. The molecule has 3 amide bonds. The Bertz CT molecular complexity index is 1310. The van der Waals surface area contributed by atoms with Gasteiger partial charge in [-0.1, -0.05) is 42.0 Å². The highest BCUT2D eigenvalue weighted by Gasteiger charge is 2.53. The first-order valence-electron chi connectivity index (χ1n) is 12.0. The number of halogens is 1. The summed E-state index contributed by atoms with van der Waals surface area (Å²) in [4.78, 5) is 45.9. The summed E-state index contributed by atoms with van der Waals surface area (Å²) in [6, 6.07) is 13.7. The molecule has 0 radical (unpaired) electrons. The molecule has 3 aromatic rings. The molecule has 1 atom stereocenters. The predicted octanol–water partition coefficient (Wildman–Crippen LogP) is 2.95. The van der Waals surface area contributed by atoms with E-state index in [1.165, 1.54) is 18.5 Å². The lowest BCUT2D eigenvalue weighted by molar-refractivity contribution is -0.133. The van der Waals surface area contributed by atoms with Gasteiger partial charge in [-0.25, -0.2) is 9.37 Å². The maximum absolute atomic E-state index is 13.7. The van der Waals surface area contributed by atoms with Crippen molar-refractivity contribution in [3.05, 3.63) is 88.8 Å². The number of carbonyl (C=O) groups is 3. The first-order chi connectivity index (χ1) is 17.3. The van der Waals surface area contributed by atoms with Crippen molar-refractivity contribution in [3.8, 4) is 0 Å². The van der Waals surface area contributed by atoms with E-state index in [2.05, 4.69) is 15.6 Å². The van der Waals surface area contributed by atoms with Crippen LogP contribution in [-0.4, -0.2) is 43.8 Å². The van der Waals surface area contributed by atoms with Crippen LogP contribution in [0.25, 0.3) is 0 Å². The van der Waals surface area contributed by atoms with E-state index in [-0.39, 0.29) is 48.2 Å². The quantitative estimate of drug-likeness (QED) is 0.533. The molecule has 1 aliphatic heterocycles. The lowest BCUT2D eigenvalue weighted by atomic mass is 9.93. The molecular weight excluding hydrogens is 461 g/mol. The molecule has 0 bridgehead atoms. The summed E-state index contributed by atoms with van der Waals surface area (Å²) in [5.74, 6) is -1.46. The van der Waals surface area contributed by atoms with E-state index in [4.69, 9.17) is 0 Å². The van der Waals surface area contributed by atoms with Crippen LogP contribution >= 0.6 is 0 Å². The van der Waals surface area contributed by atoms with Crippen molar-refractivity contribution in [2.24, 2.45) is 0 Å². The minimum Gasteiger partial charge on any atom is -0.350 e. The Balaban J connectivity index is 1.35. The van der Waals surface area contributed by atoms with Gasteiger partial charge >= 0.3 is 0 Å². The second-order valence-corrected chi connectivity index (χ2v) is 9.73. The maximum Gasteiger partial charge on any atom is 0.274 e. The van der Waals surface area contributed by atoms with E-state index in [9.17, 15) is 18.8 Å². The van der Waals surface area contributed by atoms with Gasteiger partial charge in [0.2, 0.25) is 5.91 Å². The summed E-state index contributed by atoms with van der Waals surface area (Å²) in [5, 5.41) is 5.74. The zero-order valence-electron chi connectivity index (χ0n) is 20.3. The van der Waals surface area contributed by atoms with Crippen molar-refractivity contribution in [1.82, 2.24) is 25.1 Å². The van der Waals surface area contributed by atoms with Crippen molar-refractivity contribution < 1.29 is 18.8 Å². The first-order valence-corrected chi connectivity index (χ1v) is 12.0. The SMILES string of the molecule is Cc1ccc(CNC(=O)c2ncn3c2C(=O)N(C2CC2)C(C)(C(=O)NCc2ccc(F)cc2)C3)cc1. The van der Waals surface area contributed by atoms with Crippen molar-refractivity contribution in [1.29, 1.82) is 0 Å². The van der Waals surface area contributed by atoms with Gasteiger partial charge in [0.1, 0.15) is 17.1 Å². The number of hydrogen-bond acceptors (Lipinski definition) is 4. The second-order valence-electron chi connectivity index (χ2n) is 9.73. The van der Waals surface area contributed by atoms with E-state index in [0.717, 1.165) is 29.5 Å². The van der Waals surface area contributed by atoms with Crippen molar-refractivity contribution in [3.63, 3.8) is 0 Å². The van der Waals surface area contributed by atoms with Crippen molar-refractivity contribution >= 4 is 17.7 Å². The van der Waals surface area contributed by atoms with Gasteiger partial charge in [-0.2, -0.15) is 0 Å². The van der Waals surface area contributed by atoms with Crippen LogP contribution in [0.1, 0.15) is 57.4 Å². The van der Waals surface area contributed by atoms with Crippen molar-refractivity contribution in [2.75, 3.05) is 0 Å². The van der Waals surface area contributed by atoms with Gasteiger partial charge < -0.3 is 20.1 Å². The zero-order valence-corrected chi connectivity index (χ0v) is 20.3. The Kier molecular flexibility index (Phi) is 6.07. The van der Waals surface area contributed by atoms with Crippen LogP contribution in [0.4, 0.5) is 4.39 Å². The third kappa shape index (κ3) is 4.48. The fourth-order valence-corrected chi connectivity index (χ4v) is 4.67. The average Bonchev–Trinajstić information content (AvgIpc) is 3.60. The normalized spacial score (nSPS) is 19.1. The first kappa shape index (κ1) is 23.7. The van der Waals surface area contributed by atoms with Gasteiger partial charge in [-0.05, 0) is 49.9 Å². The Morgan fingerprint density at radius 2 is 1.64 bits per heavy atom. The van der Waals surface area contributed by atoms with E-state index < -0.39 is 11.4 Å². The fraction of sp³-hybridized carbons (Fsp3) is 0.333. The number of nitrogens with one attached hydrogen (secondary N) is 2. The predicted molar refractivity (Wildman–Crippen MR) is 130 cm³/mol. The largest absolute Gasteiger partial charge is 0.350 e. The topological polar surface area (TPSA) is 96.3 Å². The minimum absolute atomic E-state index is 0.0616. The number of nitrogens with zero attached hydrogens (tertiary/aromatic N) is 3. The molecule has 36 heavy (non-hydrogen) atoms. The molecule has 1 aromatic heterocycles. The molecule has 0 saturated heterocycles. The lowest BCUT2D eigenvalue weighted by Gasteiger charge is -2.44. The van der Waals surface area contributed by atoms with Crippen LogP contribution in [-0.2, 0) is 24.4 Å². The number of fused-ring (bicyclic) bond motifs is 1. The monoisotopic (exact) mass is 489 g/mol. The van der Waals surface area contributed by atoms with Crippen LogP contribution in [0.15, 0.2) is 54.9 Å². The molecule has 8 nitrogen and oxygen atoms in total. The molecule has 2 N–H and O–H groups in total. The zero-order chi connectivity index (χ0) is 25.4. The number of carbonyl (C=O) groups excluding carboxylic acids is 3. The molecule has 1 saturated carbocycles. The highest BCUT2D eigenvalue weighted by atomic mass is 19.1. The van der Waals surface area contributed by atoms with E-state index >= 15 is 0 Å². The Hall–Kier alpha value is -4.01. The number of aryl methyl sites for hydroxylation is 1. The van der Waals surface area contributed by atoms with Crippen LogP contribution in [0.5, 0.6) is 0 Å². The summed E-state index contributed by atoms with van der Waals surface area (Å²) < 4.78 is 14.8. The second kappa shape index (κ2) is 9.22. The summed E-state index contributed by atoms with van der Waals surface area (Å²) in [5.41, 5.74) is 1.94. The van der Waals surface area contributed by atoms with Gasteiger partial charge in [0.25, 0.3) is 11.8 Å².